The van der Waals surface area contributed by atoms with Gasteiger partial charge in [-0.2, -0.15) is 0 Å². The van der Waals surface area contributed by atoms with Crippen molar-refractivity contribution in [2.24, 2.45) is 0 Å². The predicted octanol–water partition coefficient (Wildman–Crippen LogP) is 13.2. The van der Waals surface area contributed by atoms with E-state index in [1.54, 1.807) is 0 Å². The summed E-state index contributed by atoms with van der Waals surface area (Å²) < 4.78 is 8.97. The second kappa shape index (κ2) is 13.0. The molecule has 0 aliphatic carbocycles. The van der Waals surface area contributed by atoms with Crippen LogP contribution in [0.3, 0.4) is 0 Å². The molecule has 0 N–H and O–H groups in total. The minimum atomic E-state index is 0.623. The topological polar surface area (TPSA) is 56.7 Å². The lowest BCUT2D eigenvalue weighted by atomic mass is 10.0. The molecular weight excluding hydrogens is 685 g/mol. The second-order valence-corrected chi connectivity index (χ2v) is 14.0. The van der Waals surface area contributed by atoms with E-state index in [0.717, 1.165) is 66.5 Å². The van der Waals surface area contributed by atoms with E-state index in [1.165, 1.54) is 21.9 Å². The normalized spacial score (nSPS) is 11.6. The number of furan rings is 1. The molecule has 8 aromatic carbocycles. The van der Waals surface area contributed by atoms with Crippen molar-refractivity contribution in [3.63, 3.8) is 0 Å². The third kappa shape index (κ3) is 5.37. The van der Waals surface area contributed by atoms with E-state index in [1.807, 2.05) is 36.4 Å². The van der Waals surface area contributed by atoms with Gasteiger partial charge in [0.1, 0.15) is 11.2 Å². The minimum absolute atomic E-state index is 0.623. The highest BCUT2D eigenvalue weighted by Gasteiger charge is 2.19. The molecule has 11 rings (SSSR count). The van der Waals surface area contributed by atoms with Crippen LogP contribution < -0.4 is 0 Å². The highest BCUT2D eigenvalue weighted by atomic mass is 16.3. The van der Waals surface area contributed by atoms with Crippen LogP contribution in [0.5, 0.6) is 0 Å². The lowest BCUT2D eigenvalue weighted by Crippen LogP contribution is -2.00. The van der Waals surface area contributed by atoms with Crippen molar-refractivity contribution in [1.82, 2.24) is 19.5 Å². The molecule has 0 unspecified atom stereocenters. The fraction of sp³-hybridized carbons (Fsp3) is 0. The molecule has 11 aromatic rings. The van der Waals surface area contributed by atoms with Crippen LogP contribution in [-0.4, -0.2) is 19.5 Å². The van der Waals surface area contributed by atoms with Crippen molar-refractivity contribution in [2.45, 2.75) is 0 Å². The molecule has 0 saturated heterocycles. The van der Waals surface area contributed by atoms with E-state index in [4.69, 9.17) is 19.4 Å². The Morgan fingerprint density at radius 1 is 0.339 bits per heavy atom. The standard InChI is InChI=1S/C51H32N4O/c1-4-12-33(13-5-1)34-20-24-37(25-21-34)50-52-49(36-14-6-2-7-15-36)53-51(54-50)38-26-22-35(23-27-38)39-28-29-43-46(32-39)56-45-31-30-42-41-18-10-11-19-44(41)55(48(42)47(43)45)40-16-8-3-9-17-40/h1-32H. The van der Waals surface area contributed by atoms with Crippen molar-refractivity contribution < 1.29 is 4.42 Å². The van der Waals surface area contributed by atoms with Crippen molar-refractivity contribution >= 4 is 43.7 Å². The van der Waals surface area contributed by atoms with Crippen LogP contribution in [0.2, 0.25) is 0 Å². The van der Waals surface area contributed by atoms with Crippen molar-refractivity contribution in [1.29, 1.82) is 0 Å². The fourth-order valence-electron chi connectivity index (χ4n) is 7.95. The number of rotatable bonds is 6. The summed E-state index contributed by atoms with van der Waals surface area (Å²) >= 11 is 0. The van der Waals surface area contributed by atoms with Gasteiger partial charge >= 0.3 is 0 Å². The van der Waals surface area contributed by atoms with Gasteiger partial charge in [0.15, 0.2) is 17.5 Å². The monoisotopic (exact) mass is 716 g/mol. The lowest BCUT2D eigenvalue weighted by molar-refractivity contribution is 0.669. The van der Waals surface area contributed by atoms with E-state index >= 15 is 0 Å². The second-order valence-electron chi connectivity index (χ2n) is 14.0. The fourth-order valence-corrected chi connectivity index (χ4v) is 7.95. The summed E-state index contributed by atoms with van der Waals surface area (Å²) in [5, 5.41) is 4.64. The van der Waals surface area contributed by atoms with E-state index in [0.29, 0.717) is 17.5 Å². The first-order valence-electron chi connectivity index (χ1n) is 18.8. The van der Waals surface area contributed by atoms with Crippen LogP contribution in [0.1, 0.15) is 0 Å². The largest absolute Gasteiger partial charge is 0.456 e. The smallest absolute Gasteiger partial charge is 0.164 e. The summed E-state index contributed by atoms with van der Waals surface area (Å²) in [6.45, 7) is 0. The van der Waals surface area contributed by atoms with Gasteiger partial charge in [0, 0.05) is 38.5 Å². The summed E-state index contributed by atoms with van der Waals surface area (Å²) in [5.41, 5.74) is 12.4. The first-order chi connectivity index (χ1) is 27.7. The van der Waals surface area contributed by atoms with Crippen LogP contribution in [0.15, 0.2) is 199 Å². The van der Waals surface area contributed by atoms with Gasteiger partial charge in [-0.25, -0.2) is 15.0 Å². The van der Waals surface area contributed by atoms with Gasteiger partial charge < -0.3 is 8.98 Å². The average molecular weight is 717 g/mol. The van der Waals surface area contributed by atoms with Gasteiger partial charge in [-0.05, 0) is 64.7 Å². The molecule has 0 spiro atoms. The van der Waals surface area contributed by atoms with E-state index in [9.17, 15) is 0 Å². The SMILES string of the molecule is c1ccc(-c2ccc(-c3nc(-c4ccccc4)nc(-c4ccc(-c5ccc6c(c5)oc5ccc7c8ccccc8n(-c8ccccc8)c7c56)cc4)n3)cc2)cc1. The number of hydrogen-bond donors (Lipinski definition) is 0. The van der Waals surface area contributed by atoms with Gasteiger partial charge in [-0.1, -0.05) is 152 Å². The molecule has 3 heterocycles. The summed E-state index contributed by atoms with van der Waals surface area (Å²) in [6, 6.07) is 67.3. The van der Waals surface area contributed by atoms with Crippen molar-refractivity contribution in [3.8, 4) is 62.1 Å². The highest BCUT2D eigenvalue weighted by molar-refractivity contribution is 6.24. The molecule has 3 aromatic heterocycles. The van der Waals surface area contributed by atoms with Crippen LogP contribution in [0, 0.1) is 0 Å². The molecule has 0 atom stereocenters. The third-order valence-electron chi connectivity index (χ3n) is 10.7. The molecule has 0 amide bonds. The zero-order valence-electron chi connectivity index (χ0n) is 30.2. The Kier molecular flexibility index (Phi) is 7.42. The maximum absolute atomic E-state index is 6.61. The molecule has 0 radical (unpaired) electrons. The van der Waals surface area contributed by atoms with Crippen molar-refractivity contribution in [2.75, 3.05) is 0 Å². The molecule has 0 aliphatic rings. The molecule has 262 valence electrons. The Labute approximate surface area is 322 Å². The van der Waals surface area contributed by atoms with Gasteiger partial charge in [0.25, 0.3) is 0 Å². The third-order valence-corrected chi connectivity index (χ3v) is 10.7. The van der Waals surface area contributed by atoms with Crippen LogP contribution in [0.25, 0.3) is 106 Å². The zero-order valence-corrected chi connectivity index (χ0v) is 30.2. The molecule has 0 aliphatic heterocycles. The summed E-state index contributed by atoms with van der Waals surface area (Å²) in [7, 11) is 0. The zero-order chi connectivity index (χ0) is 37.0. The van der Waals surface area contributed by atoms with Gasteiger partial charge in [-0.3, -0.25) is 0 Å². The molecule has 0 fully saturated rings. The lowest BCUT2D eigenvalue weighted by Gasteiger charge is -2.10. The van der Waals surface area contributed by atoms with Crippen LogP contribution >= 0.6 is 0 Å². The number of hydrogen-bond acceptors (Lipinski definition) is 4. The Morgan fingerprint density at radius 2 is 0.804 bits per heavy atom. The van der Waals surface area contributed by atoms with E-state index in [-0.39, 0.29) is 0 Å². The van der Waals surface area contributed by atoms with Gasteiger partial charge in [0.05, 0.1) is 16.4 Å². The van der Waals surface area contributed by atoms with Crippen LogP contribution in [-0.2, 0) is 0 Å². The maximum atomic E-state index is 6.61. The average Bonchev–Trinajstić information content (AvgIpc) is 3.83. The van der Waals surface area contributed by atoms with E-state index < -0.39 is 0 Å². The molecular formula is C51H32N4O. The number of aromatic nitrogens is 4. The Morgan fingerprint density at radius 3 is 1.45 bits per heavy atom. The summed E-state index contributed by atoms with van der Waals surface area (Å²) in [6.07, 6.45) is 0. The minimum Gasteiger partial charge on any atom is -0.456 e. The van der Waals surface area contributed by atoms with Gasteiger partial charge in [-0.15, -0.1) is 0 Å². The summed E-state index contributed by atoms with van der Waals surface area (Å²) in [4.78, 5) is 14.9. The predicted molar refractivity (Wildman–Crippen MR) is 229 cm³/mol. The first kappa shape index (κ1) is 31.9. The molecule has 5 nitrogen and oxygen atoms in total. The quantitative estimate of drug-likeness (QED) is 0.172. The molecule has 56 heavy (non-hydrogen) atoms. The Bertz CT molecular complexity index is 3200. The van der Waals surface area contributed by atoms with Crippen molar-refractivity contribution in [3.05, 3.63) is 194 Å². The molecule has 5 heteroatoms. The molecule has 0 bridgehead atoms. The summed E-state index contributed by atoms with van der Waals surface area (Å²) in [5.74, 6) is 1.89. The van der Waals surface area contributed by atoms with Crippen LogP contribution in [0.4, 0.5) is 0 Å². The van der Waals surface area contributed by atoms with E-state index in [2.05, 4.69) is 162 Å². The maximum Gasteiger partial charge on any atom is 0.164 e. The number of fused-ring (bicyclic) bond motifs is 7. The number of benzene rings is 8. The Hall–Kier alpha value is -7.63. The highest BCUT2D eigenvalue weighted by Crippen LogP contribution is 2.42. The first-order valence-corrected chi connectivity index (χ1v) is 18.8. The number of para-hydroxylation sites is 2. The Balaban J connectivity index is 0.982. The van der Waals surface area contributed by atoms with Gasteiger partial charge in [0.2, 0.25) is 0 Å². The number of nitrogens with zero attached hydrogens (tertiary/aromatic N) is 4. The molecule has 0 saturated carbocycles.